The number of halogens is 1. The van der Waals surface area contributed by atoms with Gasteiger partial charge in [-0.15, -0.1) is 0 Å². The molecule has 0 fully saturated rings. The van der Waals surface area contributed by atoms with Crippen LogP contribution in [-0.2, 0) is 0 Å². The van der Waals surface area contributed by atoms with E-state index in [1.807, 2.05) is 0 Å². The molecule has 3 nitrogen and oxygen atoms in total. The summed E-state index contributed by atoms with van der Waals surface area (Å²) in [5, 5.41) is 3.62. The molecular weight excluding hydrogens is 222 g/mol. The van der Waals surface area contributed by atoms with Crippen molar-refractivity contribution >= 4 is 21.8 Å². The summed E-state index contributed by atoms with van der Waals surface area (Å²) >= 11 is 3.27. The molecular formula is C8H10BrNO2. The van der Waals surface area contributed by atoms with Gasteiger partial charge in [0.25, 0.3) is 5.91 Å². The minimum absolute atomic E-state index is 0.152. The third kappa shape index (κ3) is 2.70. The first-order valence-electron chi connectivity index (χ1n) is 3.72. The van der Waals surface area contributed by atoms with E-state index in [1.54, 1.807) is 12.1 Å². The number of furan rings is 1. The molecule has 1 N–H and O–H groups in total. The standard InChI is InChI=1S/C8H10BrNO2/c9-4-2-5-10-8(11)7-3-1-6-12-7/h1,3,6H,2,4-5H2,(H,10,11). The third-order valence-corrected chi connectivity index (χ3v) is 1.90. The monoisotopic (exact) mass is 231 g/mol. The molecule has 66 valence electrons. The van der Waals surface area contributed by atoms with Crippen LogP contribution in [0.4, 0.5) is 0 Å². The smallest absolute Gasteiger partial charge is 0.286 e. The maximum absolute atomic E-state index is 11.2. The molecule has 0 aliphatic heterocycles. The van der Waals surface area contributed by atoms with Crippen LogP contribution in [0.15, 0.2) is 22.8 Å². The van der Waals surface area contributed by atoms with Gasteiger partial charge in [0.05, 0.1) is 6.26 Å². The average Bonchev–Trinajstić information content (AvgIpc) is 2.56. The number of alkyl halides is 1. The van der Waals surface area contributed by atoms with Gasteiger partial charge >= 0.3 is 0 Å². The van der Waals surface area contributed by atoms with Crippen molar-refractivity contribution < 1.29 is 9.21 Å². The summed E-state index contributed by atoms with van der Waals surface area (Å²) in [6.45, 7) is 0.671. The van der Waals surface area contributed by atoms with E-state index in [2.05, 4.69) is 21.2 Å². The highest BCUT2D eigenvalue weighted by molar-refractivity contribution is 9.09. The van der Waals surface area contributed by atoms with Crippen LogP contribution in [0.25, 0.3) is 0 Å². The van der Waals surface area contributed by atoms with Gasteiger partial charge < -0.3 is 9.73 Å². The maximum atomic E-state index is 11.2. The molecule has 0 aliphatic rings. The summed E-state index contributed by atoms with van der Waals surface area (Å²) in [5.74, 6) is 0.213. The molecule has 1 heterocycles. The van der Waals surface area contributed by atoms with Crippen LogP contribution in [0, 0.1) is 0 Å². The lowest BCUT2D eigenvalue weighted by Crippen LogP contribution is -2.24. The fraction of sp³-hybridized carbons (Fsp3) is 0.375. The van der Waals surface area contributed by atoms with Gasteiger partial charge in [0.15, 0.2) is 5.76 Å². The highest BCUT2D eigenvalue weighted by Gasteiger charge is 2.05. The zero-order valence-corrected chi connectivity index (χ0v) is 8.13. The zero-order chi connectivity index (χ0) is 8.81. The lowest BCUT2D eigenvalue weighted by Gasteiger charge is -1.99. The van der Waals surface area contributed by atoms with Crippen molar-refractivity contribution in [2.24, 2.45) is 0 Å². The topological polar surface area (TPSA) is 42.2 Å². The van der Waals surface area contributed by atoms with E-state index in [0.29, 0.717) is 12.3 Å². The van der Waals surface area contributed by atoms with E-state index in [4.69, 9.17) is 4.42 Å². The van der Waals surface area contributed by atoms with Crippen LogP contribution in [-0.4, -0.2) is 17.8 Å². The summed E-state index contributed by atoms with van der Waals surface area (Å²) in [5.41, 5.74) is 0. The number of amides is 1. The SMILES string of the molecule is O=C(NCCCBr)c1ccco1. The van der Waals surface area contributed by atoms with Crippen LogP contribution >= 0.6 is 15.9 Å². The van der Waals surface area contributed by atoms with E-state index in [0.717, 1.165) is 11.8 Å². The molecule has 0 unspecified atom stereocenters. The van der Waals surface area contributed by atoms with Crippen molar-refractivity contribution in [3.63, 3.8) is 0 Å². The molecule has 12 heavy (non-hydrogen) atoms. The number of carbonyl (C=O) groups is 1. The van der Waals surface area contributed by atoms with Crippen LogP contribution in [0.2, 0.25) is 0 Å². The van der Waals surface area contributed by atoms with Gasteiger partial charge in [-0.2, -0.15) is 0 Å². The van der Waals surface area contributed by atoms with Crippen molar-refractivity contribution in [3.8, 4) is 0 Å². The molecule has 1 rings (SSSR count). The highest BCUT2D eigenvalue weighted by atomic mass is 79.9. The summed E-state index contributed by atoms with van der Waals surface area (Å²) < 4.78 is 4.90. The van der Waals surface area contributed by atoms with Gasteiger partial charge in [0.2, 0.25) is 0 Å². The molecule has 0 atom stereocenters. The number of nitrogens with one attached hydrogen (secondary N) is 1. The largest absolute Gasteiger partial charge is 0.459 e. The second kappa shape index (κ2) is 4.98. The van der Waals surface area contributed by atoms with Gasteiger partial charge in [-0.05, 0) is 18.6 Å². The Bertz CT molecular complexity index is 233. The minimum Gasteiger partial charge on any atom is -0.459 e. The first-order chi connectivity index (χ1) is 5.84. The van der Waals surface area contributed by atoms with Crippen molar-refractivity contribution in [1.29, 1.82) is 0 Å². The van der Waals surface area contributed by atoms with Gasteiger partial charge in [-0.1, -0.05) is 15.9 Å². The molecule has 1 aromatic heterocycles. The van der Waals surface area contributed by atoms with Gasteiger partial charge in [0, 0.05) is 11.9 Å². The third-order valence-electron chi connectivity index (χ3n) is 1.34. The number of hydrogen-bond acceptors (Lipinski definition) is 2. The summed E-state index contributed by atoms with van der Waals surface area (Å²) in [4.78, 5) is 11.2. The first-order valence-corrected chi connectivity index (χ1v) is 4.84. The van der Waals surface area contributed by atoms with Crippen molar-refractivity contribution in [2.75, 3.05) is 11.9 Å². The predicted molar refractivity (Wildman–Crippen MR) is 49.5 cm³/mol. The Morgan fingerprint density at radius 2 is 2.50 bits per heavy atom. The summed E-state index contributed by atoms with van der Waals surface area (Å²) in [6.07, 6.45) is 2.41. The van der Waals surface area contributed by atoms with Crippen molar-refractivity contribution in [1.82, 2.24) is 5.32 Å². The van der Waals surface area contributed by atoms with E-state index in [1.165, 1.54) is 6.26 Å². The van der Waals surface area contributed by atoms with Crippen LogP contribution in [0.3, 0.4) is 0 Å². The minimum atomic E-state index is -0.152. The summed E-state index contributed by atoms with van der Waals surface area (Å²) in [7, 11) is 0. The van der Waals surface area contributed by atoms with Crippen LogP contribution in [0.5, 0.6) is 0 Å². The Hall–Kier alpha value is -0.770. The van der Waals surface area contributed by atoms with E-state index >= 15 is 0 Å². The molecule has 0 radical (unpaired) electrons. The molecule has 0 saturated carbocycles. The fourth-order valence-corrected chi connectivity index (χ4v) is 1.04. The number of carbonyl (C=O) groups excluding carboxylic acids is 1. The van der Waals surface area contributed by atoms with Crippen molar-refractivity contribution in [3.05, 3.63) is 24.2 Å². The maximum Gasteiger partial charge on any atom is 0.286 e. The molecule has 0 saturated heterocycles. The molecule has 4 heteroatoms. The number of hydrogen-bond donors (Lipinski definition) is 1. The second-order valence-electron chi connectivity index (χ2n) is 2.28. The fourth-order valence-electron chi connectivity index (χ4n) is 0.764. The predicted octanol–water partition coefficient (Wildman–Crippen LogP) is 1.79. The van der Waals surface area contributed by atoms with Gasteiger partial charge in [0.1, 0.15) is 0 Å². The summed E-state index contributed by atoms with van der Waals surface area (Å²) in [6, 6.07) is 3.34. The highest BCUT2D eigenvalue weighted by Crippen LogP contribution is 1.98. The van der Waals surface area contributed by atoms with Crippen LogP contribution < -0.4 is 5.32 Å². The van der Waals surface area contributed by atoms with Crippen LogP contribution in [0.1, 0.15) is 17.0 Å². The second-order valence-corrected chi connectivity index (χ2v) is 3.07. The molecule has 1 aromatic rings. The van der Waals surface area contributed by atoms with E-state index in [9.17, 15) is 4.79 Å². The molecule has 0 aromatic carbocycles. The lowest BCUT2D eigenvalue weighted by molar-refractivity contribution is 0.0926. The number of rotatable bonds is 4. The molecule has 0 spiro atoms. The van der Waals surface area contributed by atoms with E-state index in [-0.39, 0.29) is 5.91 Å². The van der Waals surface area contributed by atoms with Crippen molar-refractivity contribution in [2.45, 2.75) is 6.42 Å². The van der Waals surface area contributed by atoms with Gasteiger partial charge in [-0.25, -0.2) is 0 Å². The first kappa shape index (κ1) is 9.32. The Morgan fingerprint density at radius 1 is 1.67 bits per heavy atom. The molecule has 0 bridgehead atoms. The Kier molecular flexibility index (Phi) is 3.87. The van der Waals surface area contributed by atoms with Gasteiger partial charge in [-0.3, -0.25) is 4.79 Å². The van der Waals surface area contributed by atoms with E-state index < -0.39 is 0 Å². The average molecular weight is 232 g/mol. The Labute approximate surface area is 79.3 Å². The quantitative estimate of drug-likeness (QED) is 0.635. The molecule has 0 aliphatic carbocycles. The normalized spacial score (nSPS) is 9.75. The lowest BCUT2D eigenvalue weighted by atomic mass is 10.4. The Balaban J connectivity index is 2.30. The Morgan fingerprint density at radius 3 is 3.08 bits per heavy atom. The zero-order valence-electron chi connectivity index (χ0n) is 6.55. The molecule has 1 amide bonds.